The number of anilines is 1. The monoisotopic (exact) mass is 250 g/mol. The summed E-state index contributed by atoms with van der Waals surface area (Å²) in [5.41, 5.74) is 3.48. The molecular weight excluding hydrogens is 236 g/mol. The van der Waals surface area contributed by atoms with Gasteiger partial charge in [0.1, 0.15) is 12.4 Å². The Hall–Kier alpha value is -2.42. The van der Waals surface area contributed by atoms with Crippen LogP contribution in [0.1, 0.15) is 11.6 Å². The van der Waals surface area contributed by atoms with Crippen molar-refractivity contribution in [3.63, 3.8) is 0 Å². The maximum absolute atomic E-state index is 5.83. The molecule has 0 bridgehead atoms. The molecule has 2 N–H and O–H groups in total. The van der Waals surface area contributed by atoms with Crippen molar-refractivity contribution in [1.82, 2.24) is 4.98 Å². The summed E-state index contributed by atoms with van der Waals surface area (Å²) in [4.78, 5) is 3.31. The van der Waals surface area contributed by atoms with Crippen LogP contribution in [0.3, 0.4) is 0 Å². The number of rotatable bonds is 1. The van der Waals surface area contributed by atoms with Gasteiger partial charge in [0.25, 0.3) is 0 Å². The molecule has 1 aromatic heterocycles. The molecule has 3 nitrogen and oxygen atoms in total. The fourth-order valence-corrected chi connectivity index (χ4v) is 2.66. The highest BCUT2D eigenvalue weighted by molar-refractivity contribution is 5.84. The van der Waals surface area contributed by atoms with Crippen molar-refractivity contribution in [1.29, 1.82) is 0 Å². The fraction of sp³-hybridized carbons (Fsp3) is 0.125. The predicted molar refractivity (Wildman–Crippen MR) is 76.6 cm³/mol. The third kappa shape index (κ3) is 1.66. The normalized spacial score (nSPS) is 17.6. The van der Waals surface area contributed by atoms with Crippen LogP contribution in [-0.2, 0) is 0 Å². The lowest BCUT2D eigenvalue weighted by Crippen LogP contribution is -2.23. The lowest BCUT2D eigenvalue weighted by atomic mass is 10.0. The fourth-order valence-electron chi connectivity index (χ4n) is 2.66. The molecule has 1 unspecified atom stereocenters. The van der Waals surface area contributed by atoms with E-state index in [-0.39, 0.29) is 6.04 Å². The molecule has 0 amide bonds. The minimum absolute atomic E-state index is 0.186. The predicted octanol–water partition coefficient (Wildman–Crippen LogP) is 3.71. The molecule has 2 heterocycles. The van der Waals surface area contributed by atoms with Gasteiger partial charge in [-0.2, -0.15) is 0 Å². The first kappa shape index (κ1) is 10.5. The quantitative estimate of drug-likeness (QED) is 0.690. The van der Waals surface area contributed by atoms with Gasteiger partial charge >= 0.3 is 0 Å². The van der Waals surface area contributed by atoms with E-state index in [1.54, 1.807) is 0 Å². The maximum atomic E-state index is 5.83. The maximum Gasteiger partial charge on any atom is 0.142 e. The molecule has 0 saturated carbocycles. The summed E-state index contributed by atoms with van der Waals surface area (Å²) >= 11 is 0. The molecule has 0 radical (unpaired) electrons. The van der Waals surface area contributed by atoms with Crippen LogP contribution in [0.5, 0.6) is 5.75 Å². The van der Waals surface area contributed by atoms with Crippen LogP contribution in [-0.4, -0.2) is 11.6 Å². The summed E-state index contributed by atoms with van der Waals surface area (Å²) in [6, 6.07) is 16.6. The number of fused-ring (bicyclic) bond motifs is 2. The van der Waals surface area contributed by atoms with Gasteiger partial charge in [-0.1, -0.05) is 30.3 Å². The highest BCUT2D eigenvalue weighted by atomic mass is 16.5. The van der Waals surface area contributed by atoms with Crippen LogP contribution in [0.4, 0.5) is 5.69 Å². The molecule has 3 aromatic rings. The molecule has 19 heavy (non-hydrogen) atoms. The average Bonchev–Trinajstić information content (AvgIpc) is 2.91. The van der Waals surface area contributed by atoms with Crippen LogP contribution < -0.4 is 10.1 Å². The van der Waals surface area contributed by atoms with E-state index in [9.17, 15) is 0 Å². The first-order chi connectivity index (χ1) is 9.42. The van der Waals surface area contributed by atoms with E-state index in [4.69, 9.17) is 4.74 Å². The zero-order chi connectivity index (χ0) is 12.7. The van der Waals surface area contributed by atoms with Gasteiger partial charge in [-0.3, -0.25) is 0 Å². The molecule has 94 valence electrons. The van der Waals surface area contributed by atoms with Crippen molar-refractivity contribution in [2.75, 3.05) is 11.9 Å². The number of hydrogen-bond donors (Lipinski definition) is 2. The zero-order valence-corrected chi connectivity index (χ0v) is 10.4. The van der Waals surface area contributed by atoms with Gasteiger partial charge < -0.3 is 15.0 Å². The Morgan fingerprint density at radius 1 is 1.00 bits per heavy atom. The minimum Gasteiger partial charge on any atom is -0.489 e. The molecule has 4 rings (SSSR count). The van der Waals surface area contributed by atoms with Gasteiger partial charge in [-0.05, 0) is 18.2 Å². The van der Waals surface area contributed by atoms with Crippen molar-refractivity contribution < 1.29 is 4.74 Å². The largest absolute Gasteiger partial charge is 0.489 e. The topological polar surface area (TPSA) is 37.0 Å². The summed E-state index contributed by atoms with van der Waals surface area (Å²) in [5, 5.41) is 4.80. The Labute approximate surface area is 111 Å². The lowest BCUT2D eigenvalue weighted by Gasteiger charge is -2.27. The Kier molecular flexibility index (Phi) is 2.24. The molecule has 1 atom stereocenters. The smallest absolute Gasteiger partial charge is 0.142 e. The highest BCUT2D eigenvalue weighted by Crippen LogP contribution is 2.35. The summed E-state index contributed by atoms with van der Waals surface area (Å²) in [6.45, 7) is 0.652. The average molecular weight is 250 g/mol. The van der Waals surface area contributed by atoms with Gasteiger partial charge in [0.15, 0.2) is 0 Å². The lowest BCUT2D eigenvalue weighted by molar-refractivity contribution is 0.287. The molecular formula is C16H14N2O. The van der Waals surface area contributed by atoms with Crippen LogP contribution in [0.15, 0.2) is 54.7 Å². The van der Waals surface area contributed by atoms with E-state index >= 15 is 0 Å². The number of nitrogens with one attached hydrogen (secondary N) is 2. The van der Waals surface area contributed by atoms with Gasteiger partial charge in [-0.25, -0.2) is 0 Å². The van der Waals surface area contributed by atoms with Crippen LogP contribution in [0.2, 0.25) is 0 Å². The third-order valence-electron chi connectivity index (χ3n) is 3.62. The Morgan fingerprint density at radius 2 is 1.84 bits per heavy atom. The second-order valence-electron chi connectivity index (χ2n) is 4.79. The van der Waals surface area contributed by atoms with Gasteiger partial charge in [-0.15, -0.1) is 0 Å². The van der Waals surface area contributed by atoms with Crippen molar-refractivity contribution in [2.45, 2.75) is 6.04 Å². The van der Waals surface area contributed by atoms with E-state index in [1.165, 1.54) is 10.9 Å². The SMILES string of the molecule is c1ccc2c(c1)NC(c1c[nH]c3ccccc13)CO2. The van der Waals surface area contributed by atoms with E-state index in [0.717, 1.165) is 17.0 Å². The number of aromatic amines is 1. The number of para-hydroxylation sites is 3. The number of ether oxygens (including phenoxy) is 1. The Bertz CT molecular complexity index is 732. The minimum atomic E-state index is 0.186. The number of hydrogen-bond acceptors (Lipinski definition) is 2. The van der Waals surface area contributed by atoms with Crippen molar-refractivity contribution in [3.05, 3.63) is 60.3 Å². The molecule has 2 aromatic carbocycles. The van der Waals surface area contributed by atoms with Gasteiger partial charge in [0.05, 0.1) is 11.7 Å². The summed E-state index contributed by atoms with van der Waals surface area (Å²) in [5.74, 6) is 0.929. The van der Waals surface area contributed by atoms with Crippen LogP contribution in [0.25, 0.3) is 10.9 Å². The van der Waals surface area contributed by atoms with Crippen molar-refractivity contribution in [3.8, 4) is 5.75 Å². The molecule has 0 fully saturated rings. The van der Waals surface area contributed by atoms with Crippen LogP contribution >= 0.6 is 0 Å². The van der Waals surface area contributed by atoms with E-state index in [1.807, 2.05) is 24.3 Å². The van der Waals surface area contributed by atoms with E-state index in [2.05, 4.69) is 40.8 Å². The molecule has 3 heteroatoms. The first-order valence-electron chi connectivity index (χ1n) is 6.46. The molecule has 1 aliphatic rings. The molecule has 0 spiro atoms. The summed E-state index contributed by atoms with van der Waals surface area (Å²) < 4.78 is 5.83. The second-order valence-corrected chi connectivity index (χ2v) is 4.79. The highest BCUT2D eigenvalue weighted by Gasteiger charge is 2.22. The summed E-state index contributed by atoms with van der Waals surface area (Å²) in [6.07, 6.45) is 2.07. The first-order valence-corrected chi connectivity index (χ1v) is 6.46. The Morgan fingerprint density at radius 3 is 2.84 bits per heavy atom. The van der Waals surface area contributed by atoms with Crippen molar-refractivity contribution >= 4 is 16.6 Å². The second kappa shape index (κ2) is 4.05. The third-order valence-corrected chi connectivity index (χ3v) is 3.62. The zero-order valence-electron chi connectivity index (χ0n) is 10.4. The molecule has 0 aliphatic carbocycles. The van der Waals surface area contributed by atoms with Crippen molar-refractivity contribution in [2.24, 2.45) is 0 Å². The van der Waals surface area contributed by atoms with Crippen LogP contribution in [0, 0.1) is 0 Å². The standard InChI is InChI=1S/C16H14N2O/c1-2-6-13-11(5-1)12(9-17-13)15-10-19-16-8-4-3-7-14(16)18-15/h1-9,15,17-18H,10H2. The molecule has 0 saturated heterocycles. The number of H-pyrrole nitrogens is 1. The number of aromatic nitrogens is 1. The number of benzene rings is 2. The van der Waals surface area contributed by atoms with E-state index < -0.39 is 0 Å². The van der Waals surface area contributed by atoms with Gasteiger partial charge in [0.2, 0.25) is 0 Å². The Balaban J connectivity index is 1.75. The van der Waals surface area contributed by atoms with Gasteiger partial charge in [0, 0.05) is 22.7 Å². The van der Waals surface area contributed by atoms with E-state index in [0.29, 0.717) is 6.61 Å². The molecule has 1 aliphatic heterocycles. The summed E-state index contributed by atoms with van der Waals surface area (Å²) in [7, 11) is 0.